The van der Waals surface area contributed by atoms with Crippen molar-refractivity contribution in [2.75, 3.05) is 37.6 Å². The third kappa shape index (κ3) is 3.69. The van der Waals surface area contributed by atoms with Crippen molar-refractivity contribution in [1.29, 1.82) is 0 Å². The van der Waals surface area contributed by atoms with Crippen molar-refractivity contribution in [1.82, 2.24) is 19.4 Å². The molecule has 6 nitrogen and oxygen atoms in total. The quantitative estimate of drug-likeness (QED) is 0.646. The van der Waals surface area contributed by atoms with Crippen molar-refractivity contribution in [2.45, 2.75) is 26.3 Å². The standard InChI is InChI=1S/C19H25N5O/c1-16-20-8-11-23(16)10-5-4-9-22-12-14-24(15-13-22)19-21-17-6-2-3-7-18(17)25-19/h2-3,6-8,11H,4-5,9-10,12-15H2,1H3. The molecule has 0 N–H and O–H groups in total. The number of para-hydroxylation sites is 2. The molecule has 1 fully saturated rings. The molecule has 0 radical (unpaired) electrons. The Labute approximate surface area is 148 Å². The molecule has 1 aliphatic rings. The molecule has 0 bridgehead atoms. The van der Waals surface area contributed by atoms with Crippen LogP contribution in [0.1, 0.15) is 18.7 Å². The summed E-state index contributed by atoms with van der Waals surface area (Å²) in [6.07, 6.45) is 6.36. The highest BCUT2D eigenvalue weighted by Crippen LogP contribution is 2.22. The monoisotopic (exact) mass is 339 g/mol. The predicted octanol–water partition coefficient (Wildman–Crippen LogP) is 2.94. The lowest BCUT2D eigenvalue weighted by atomic mass is 10.2. The summed E-state index contributed by atoms with van der Waals surface area (Å²) in [7, 11) is 0. The molecular weight excluding hydrogens is 314 g/mol. The molecule has 0 atom stereocenters. The van der Waals surface area contributed by atoms with E-state index in [0.717, 1.165) is 62.2 Å². The van der Waals surface area contributed by atoms with E-state index in [0.29, 0.717) is 0 Å². The van der Waals surface area contributed by atoms with Gasteiger partial charge in [-0.15, -0.1) is 0 Å². The number of imidazole rings is 1. The number of unbranched alkanes of at least 4 members (excludes halogenated alkanes) is 1. The smallest absolute Gasteiger partial charge is 0.298 e. The van der Waals surface area contributed by atoms with Gasteiger partial charge in [-0.2, -0.15) is 4.98 Å². The number of oxazole rings is 1. The van der Waals surface area contributed by atoms with Crippen molar-refractivity contribution in [3.05, 3.63) is 42.5 Å². The molecule has 4 rings (SSSR count). The minimum atomic E-state index is 0.761. The van der Waals surface area contributed by atoms with E-state index in [-0.39, 0.29) is 0 Å². The van der Waals surface area contributed by atoms with Crippen LogP contribution in [0.5, 0.6) is 0 Å². The van der Waals surface area contributed by atoms with Gasteiger partial charge in [0, 0.05) is 45.1 Å². The van der Waals surface area contributed by atoms with Crippen LogP contribution in [0.2, 0.25) is 0 Å². The van der Waals surface area contributed by atoms with E-state index in [1.54, 1.807) is 0 Å². The number of nitrogens with zero attached hydrogens (tertiary/aromatic N) is 5. The summed E-state index contributed by atoms with van der Waals surface area (Å²) in [5.41, 5.74) is 1.81. The second-order valence-corrected chi connectivity index (χ2v) is 6.67. The molecule has 1 aliphatic heterocycles. The second kappa shape index (κ2) is 7.27. The Morgan fingerprint density at radius 3 is 2.60 bits per heavy atom. The third-order valence-corrected chi connectivity index (χ3v) is 4.97. The number of piperazine rings is 1. The fourth-order valence-corrected chi connectivity index (χ4v) is 3.42. The lowest BCUT2D eigenvalue weighted by Crippen LogP contribution is -2.46. The average Bonchev–Trinajstić information content (AvgIpc) is 3.25. The van der Waals surface area contributed by atoms with Crippen LogP contribution in [0, 0.1) is 6.92 Å². The van der Waals surface area contributed by atoms with Crippen molar-refractivity contribution in [2.24, 2.45) is 0 Å². The Balaban J connectivity index is 1.22. The van der Waals surface area contributed by atoms with Gasteiger partial charge in [-0.1, -0.05) is 12.1 Å². The Kier molecular flexibility index (Phi) is 4.70. The first-order valence-corrected chi connectivity index (χ1v) is 9.10. The van der Waals surface area contributed by atoms with Gasteiger partial charge in [0.25, 0.3) is 6.01 Å². The lowest BCUT2D eigenvalue weighted by molar-refractivity contribution is 0.247. The van der Waals surface area contributed by atoms with Gasteiger partial charge in [-0.05, 0) is 38.4 Å². The highest BCUT2D eigenvalue weighted by atomic mass is 16.4. The molecule has 0 unspecified atom stereocenters. The van der Waals surface area contributed by atoms with Gasteiger partial charge in [0.1, 0.15) is 11.3 Å². The van der Waals surface area contributed by atoms with Gasteiger partial charge in [0.15, 0.2) is 5.58 Å². The molecule has 0 amide bonds. The molecule has 3 aromatic rings. The zero-order chi connectivity index (χ0) is 17.1. The Morgan fingerprint density at radius 1 is 1.04 bits per heavy atom. The number of hydrogen-bond acceptors (Lipinski definition) is 5. The first kappa shape index (κ1) is 16.1. The first-order valence-electron chi connectivity index (χ1n) is 9.10. The number of benzene rings is 1. The van der Waals surface area contributed by atoms with Gasteiger partial charge < -0.3 is 13.9 Å². The SMILES string of the molecule is Cc1nccn1CCCCN1CCN(c2nc3ccccc3o2)CC1. The Hall–Kier alpha value is -2.34. The summed E-state index contributed by atoms with van der Waals surface area (Å²) in [6, 6.07) is 8.72. The number of hydrogen-bond donors (Lipinski definition) is 0. The molecule has 0 aliphatic carbocycles. The van der Waals surface area contributed by atoms with Gasteiger partial charge in [-0.25, -0.2) is 4.98 Å². The van der Waals surface area contributed by atoms with Gasteiger partial charge in [0.2, 0.25) is 0 Å². The summed E-state index contributed by atoms with van der Waals surface area (Å²) >= 11 is 0. The molecule has 6 heteroatoms. The maximum Gasteiger partial charge on any atom is 0.298 e. The zero-order valence-corrected chi connectivity index (χ0v) is 14.8. The van der Waals surface area contributed by atoms with E-state index < -0.39 is 0 Å². The van der Waals surface area contributed by atoms with Crippen molar-refractivity contribution >= 4 is 17.1 Å². The molecule has 0 spiro atoms. The van der Waals surface area contributed by atoms with Crippen LogP contribution >= 0.6 is 0 Å². The third-order valence-electron chi connectivity index (χ3n) is 4.97. The lowest BCUT2D eigenvalue weighted by Gasteiger charge is -2.33. The van der Waals surface area contributed by atoms with Crippen LogP contribution < -0.4 is 4.90 Å². The molecule has 1 aromatic carbocycles. The number of fused-ring (bicyclic) bond motifs is 1. The summed E-state index contributed by atoms with van der Waals surface area (Å²) in [5.74, 6) is 1.10. The minimum absolute atomic E-state index is 0.761. The first-order chi connectivity index (χ1) is 12.3. The summed E-state index contributed by atoms with van der Waals surface area (Å²) < 4.78 is 8.11. The topological polar surface area (TPSA) is 50.3 Å². The van der Waals surface area contributed by atoms with E-state index in [1.165, 1.54) is 12.8 Å². The number of aryl methyl sites for hydroxylation is 2. The maximum absolute atomic E-state index is 5.88. The van der Waals surface area contributed by atoms with Gasteiger partial charge >= 0.3 is 0 Å². The van der Waals surface area contributed by atoms with Crippen molar-refractivity contribution in [3.63, 3.8) is 0 Å². The Bertz CT molecular complexity index is 783. The zero-order valence-electron chi connectivity index (χ0n) is 14.8. The summed E-state index contributed by atoms with van der Waals surface area (Å²) in [6.45, 7) is 8.39. The van der Waals surface area contributed by atoms with E-state index in [2.05, 4.69) is 37.5 Å². The molecule has 2 aromatic heterocycles. The molecular formula is C19H25N5O. The molecule has 1 saturated heterocycles. The van der Waals surface area contributed by atoms with Crippen LogP contribution in [0.3, 0.4) is 0 Å². The molecule has 3 heterocycles. The molecule has 132 valence electrons. The molecule has 0 saturated carbocycles. The van der Waals surface area contributed by atoms with Crippen LogP contribution in [0.4, 0.5) is 6.01 Å². The predicted molar refractivity (Wildman–Crippen MR) is 98.9 cm³/mol. The Morgan fingerprint density at radius 2 is 1.84 bits per heavy atom. The van der Waals surface area contributed by atoms with Crippen molar-refractivity contribution < 1.29 is 4.42 Å². The second-order valence-electron chi connectivity index (χ2n) is 6.67. The minimum Gasteiger partial charge on any atom is -0.423 e. The van der Waals surface area contributed by atoms with E-state index in [1.807, 2.05) is 30.5 Å². The van der Waals surface area contributed by atoms with Crippen molar-refractivity contribution in [3.8, 4) is 0 Å². The fourth-order valence-electron chi connectivity index (χ4n) is 3.42. The van der Waals surface area contributed by atoms with Crippen LogP contribution in [-0.2, 0) is 6.54 Å². The van der Waals surface area contributed by atoms with E-state index in [4.69, 9.17) is 4.42 Å². The maximum atomic E-state index is 5.88. The van der Waals surface area contributed by atoms with Gasteiger partial charge in [0.05, 0.1) is 0 Å². The fraction of sp³-hybridized carbons (Fsp3) is 0.474. The number of aromatic nitrogens is 3. The highest BCUT2D eigenvalue weighted by molar-refractivity contribution is 5.74. The number of rotatable bonds is 6. The largest absolute Gasteiger partial charge is 0.423 e. The van der Waals surface area contributed by atoms with Crippen LogP contribution in [-0.4, -0.2) is 52.2 Å². The van der Waals surface area contributed by atoms with Gasteiger partial charge in [-0.3, -0.25) is 4.90 Å². The molecule has 25 heavy (non-hydrogen) atoms. The summed E-state index contributed by atoms with van der Waals surface area (Å²) in [4.78, 5) is 13.7. The van der Waals surface area contributed by atoms with Crippen LogP contribution in [0.25, 0.3) is 11.1 Å². The van der Waals surface area contributed by atoms with Crippen LogP contribution in [0.15, 0.2) is 41.1 Å². The average molecular weight is 339 g/mol. The normalized spacial score (nSPS) is 16.0. The summed E-state index contributed by atoms with van der Waals surface area (Å²) in [5, 5.41) is 0. The highest BCUT2D eigenvalue weighted by Gasteiger charge is 2.20. The van der Waals surface area contributed by atoms with E-state index >= 15 is 0 Å². The van der Waals surface area contributed by atoms with E-state index in [9.17, 15) is 0 Å². The number of anilines is 1.